The zero-order valence-corrected chi connectivity index (χ0v) is 14.0. The number of carbonyl (C=O) groups is 1. The van der Waals surface area contributed by atoms with Crippen LogP contribution in [-0.2, 0) is 14.1 Å². The molecule has 6 heteroatoms. The largest absolute Gasteiger partial charge is 0.494 e. The molecule has 0 atom stereocenters. The summed E-state index contributed by atoms with van der Waals surface area (Å²) in [5.74, 6) is 0.709. The quantitative estimate of drug-likeness (QED) is 0.457. The Morgan fingerprint density at radius 2 is 1.68 bits per heavy atom. The van der Waals surface area contributed by atoms with Gasteiger partial charge in [-0.15, -0.1) is 0 Å². The number of nitrogens with zero attached hydrogens (tertiary/aromatic N) is 1. The van der Waals surface area contributed by atoms with Crippen molar-refractivity contribution in [3.05, 3.63) is 24.3 Å². The Hall–Kier alpha value is -1.53. The van der Waals surface area contributed by atoms with Crippen molar-refractivity contribution < 1.29 is 18.8 Å². The average molecular weight is 305 g/mol. The molecule has 0 bridgehead atoms. The summed E-state index contributed by atoms with van der Waals surface area (Å²) in [5.41, 5.74) is 0.255. The predicted octanol–water partition coefficient (Wildman–Crippen LogP) is 1.80. The molecule has 1 aromatic carbocycles. The number of hydrogen-bond donors (Lipinski definition) is 0. The van der Waals surface area contributed by atoms with Gasteiger partial charge in [-0.1, -0.05) is 12.1 Å². The molecule has 1 aromatic rings. The summed E-state index contributed by atoms with van der Waals surface area (Å²) in [7, 11) is -0.374. The highest BCUT2D eigenvalue weighted by Gasteiger charge is 2.51. The van der Waals surface area contributed by atoms with Crippen molar-refractivity contribution in [2.75, 3.05) is 13.3 Å². The topological polar surface area (TPSA) is 48.0 Å². The van der Waals surface area contributed by atoms with Crippen molar-refractivity contribution in [1.82, 2.24) is 4.90 Å². The molecule has 0 N–H and O–H groups in total. The second-order valence-electron chi connectivity index (χ2n) is 6.44. The number of hydrogen-bond acceptors (Lipinski definition) is 4. The molecule has 2 rings (SSSR count). The van der Waals surface area contributed by atoms with E-state index in [1.807, 2.05) is 58.9 Å². The fraction of sp³-hybridized carbons (Fsp3) is 0.562. The third-order valence-electron chi connectivity index (χ3n) is 4.36. The van der Waals surface area contributed by atoms with E-state index in [2.05, 4.69) is 0 Å². The van der Waals surface area contributed by atoms with Crippen molar-refractivity contribution in [3.8, 4) is 5.75 Å². The third-order valence-corrected chi connectivity index (χ3v) is 4.36. The third kappa shape index (κ3) is 3.44. The molecule has 0 spiro atoms. The maximum atomic E-state index is 10.7. The maximum absolute atomic E-state index is 10.7. The van der Waals surface area contributed by atoms with Crippen LogP contribution in [0.4, 0.5) is 0 Å². The molecule has 120 valence electrons. The monoisotopic (exact) mass is 305 g/mol. The Morgan fingerprint density at radius 1 is 1.14 bits per heavy atom. The lowest BCUT2D eigenvalue weighted by Crippen LogP contribution is -2.41. The van der Waals surface area contributed by atoms with E-state index in [1.165, 1.54) is 0 Å². The Bertz CT molecular complexity index is 499. The van der Waals surface area contributed by atoms with E-state index >= 15 is 0 Å². The first kappa shape index (κ1) is 16.8. The van der Waals surface area contributed by atoms with Crippen molar-refractivity contribution >= 4 is 19.0 Å². The van der Waals surface area contributed by atoms with Crippen LogP contribution >= 0.6 is 0 Å². The first-order chi connectivity index (χ1) is 10.3. The lowest BCUT2D eigenvalue weighted by atomic mass is 9.79. The molecule has 0 saturated carbocycles. The highest BCUT2D eigenvalue weighted by molar-refractivity contribution is 6.62. The van der Waals surface area contributed by atoms with Gasteiger partial charge < -0.3 is 18.9 Å². The molecule has 0 aliphatic carbocycles. The molecule has 1 aliphatic rings. The molecule has 1 aliphatic heterocycles. The van der Waals surface area contributed by atoms with Crippen LogP contribution in [0, 0.1) is 0 Å². The fourth-order valence-corrected chi connectivity index (χ4v) is 2.05. The van der Waals surface area contributed by atoms with Gasteiger partial charge in [0.15, 0.2) is 6.73 Å². The standard InChI is InChI=1S/C16H24BNO4/c1-6-18(11-19)12-20-14-9-7-13(8-10-14)17-21-15(2,3)16(4,5)22-17/h7-11H,6,12H2,1-5H3. The molecular formula is C16H24BNO4. The van der Waals surface area contributed by atoms with Crippen LogP contribution in [0.15, 0.2) is 24.3 Å². The summed E-state index contributed by atoms with van der Waals surface area (Å²) in [5, 5.41) is 0. The smallest absolute Gasteiger partial charge is 0.473 e. The van der Waals surface area contributed by atoms with Crippen molar-refractivity contribution in [2.24, 2.45) is 0 Å². The maximum Gasteiger partial charge on any atom is 0.494 e. The van der Waals surface area contributed by atoms with Crippen molar-refractivity contribution in [1.29, 1.82) is 0 Å². The van der Waals surface area contributed by atoms with Crippen LogP contribution in [0.3, 0.4) is 0 Å². The number of amides is 1. The number of ether oxygens (including phenoxy) is 1. The summed E-state index contributed by atoms with van der Waals surface area (Å²) in [6.45, 7) is 10.9. The van der Waals surface area contributed by atoms with Gasteiger partial charge in [0.2, 0.25) is 6.41 Å². The van der Waals surface area contributed by atoms with Gasteiger partial charge in [-0.3, -0.25) is 4.79 Å². The van der Waals surface area contributed by atoms with Gasteiger partial charge in [0.1, 0.15) is 5.75 Å². The second-order valence-corrected chi connectivity index (χ2v) is 6.44. The van der Waals surface area contributed by atoms with Gasteiger partial charge in [-0.2, -0.15) is 0 Å². The van der Waals surface area contributed by atoms with E-state index in [0.29, 0.717) is 12.3 Å². The van der Waals surface area contributed by atoms with E-state index in [-0.39, 0.29) is 25.1 Å². The minimum absolute atomic E-state index is 0.246. The van der Waals surface area contributed by atoms with Gasteiger partial charge in [0.05, 0.1) is 11.2 Å². The van der Waals surface area contributed by atoms with E-state index in [4.69, 9.17) is 14.0 Å². The number of carbonyl (C=O) groups excluding carboxylic acids is 1. The zero-order chi connectivity index (χ0) is 16.4. The minimum atomic E-state index is -0.374. The first-order valence-corrected chi connectivity index (χ1v) is 7.57. The molecule has 1 saturated heterocycles. The molecule has 1 fully saturated rings. The summed E-state index contributed by atoms with van der Waals surface area (Å²) < 4.78 is 17.6. The van der Waals surface area contributed by atoms with Crippen molar-refractivity contribution in [2.45, 2.75) is 45.8 Å². The highest BCUT2D eigenvalue weighted by Crippen LogP contribution is 2.36. The molecule has 0 unspecified atom stereocenters. The lowest BCUT2D eigenvalue weighted by Gasteiger charge is -2.32. The number of rotatable bonds is 6. The van der Waals surface area contributed by atoms with E-state index in [1.54, 1.807) is 4.90 Å². The van der Waals surface area contributed by atoms with Gasteiger partial charge in [-0.25, -0.2) is 0 Å². The van der Waals surface area contributed by atoms with Crippen LogP contribution in [0.25, 0.3) is 0 Å². The van der Waals surface area contributed by atoms with Gasteiger partial charge in [0, 0.05) is 6.54 Å². The summed E-state index contributed by atoms with van der Waals surface area (Å²) in [6, 6.07) is 7.57. The first-order valence-electron chi connectivity index (χ1n) is 7.57. The van der Waals surface area contributed by atoms with Crippen LogP contribution in [-0.4, -0.2) is 42.9 Å². The summed E-state index contributed by atoms with van der Waals surface area (Å²) in [4.78, 5) is 12.3. The van der Waals surface area contributed by atoms with E-state index in [9.17, 15) is 4.79 Å². The predicted molar refractivity (Wildman–Crippen MR) is 86.1 cm³/mol. The van der Waals surface area contributed by atoms with E-state index in [0.717, 1.165) is 11.9 Å². The normalized spacial score (nSPS) is 19.0. The molecular weight excluding hydrogens is 281 g/mol. The van der Waals surface area contributed by atoms with Crippen LogP contribution < -0.4 is 10.2 Å². The Balaban J connectivity index is 2.00. The molecule has 5 nitrogen and oxygen atoms in total. The van der Waals surface area contributed by atoms with Gasteiger partial charge in [0.25, 0.3) is 0 Å². The number of benzene rings is 1. The summed E-state index contributed by atoms with van der Waals surface area (Å²) in [6.07, 6.45) is 0.777. The molecule has 1 amide bonds. The van der Waals surface area contributed by atoms with Gasteiger partial charge >= 0.3 is 7.12 Å². The van der Waals surface area contributed by atoms with Crippen LogP contribution in [0.5, 0.6) is 5.75 Å². The summed E-state index contributed by atoms with van der Waals surface area (Å²) >= 11 is 0. The van der Waals surface area contributed by atoms with E-state index < -0.39 is 0 Å². The van der Waals surface area contributed by atoms with Crippen LogP contribution in [0.1, 0.15) is 34.6 Å². The highest BCUT2D eigenvalue weighted by atomic mass is 16.7. The SMILES string of the molecule is CCN(C=O)COc1ccc(B2OC(C)(C)C(C)(C)O2)cc1. The lowest BCUT2D eigenvalue weighted by molar-refractivity contribution is -0.120. The second kappa shape index (κ2) is 6.30. The Kier molecular flexibility index (Phi) is 4.82. The van der Waals surface area contributed by atoms with Crippen LogP contribution in [0.2, 0.25) is 0 Å². The van der Waals surface area contributed by atoms with Crippen molar-refractivity contribution in [3.63, 3.8) is 0 Å². The average Bonchev–Trinajstić information content (AvgIpc) is 2.69. The Labute approximate surface area is 132 Å². The molecule has 0 aromatic heterocycles. The molecule has 22 heavy (non-hydrogen) atoms. The fourth-order valence-electron chi connectivity index (χ4n) is 2.05. The minimum Gasteiger partial charge on any atom is -0.473 e. The molecule has 0 radical (unpaired) electrons. The molecule has 1 heterocycles. The Morgan fingerprint density at radius 3 is 2.14 bits per heavy atom. The van der Waals surface area contributed by atoms with Gasteiger partial charge in [-0.05, 0) is 52.2 Å². The zero-order valence-electron chi connectivity index (χ0n) is 14.0.